The van der Waals surface area contributed by atoms with E-state index in [1.807, 2.05) is 71.9 Å². The second kappa shape index (κ2) is 10.6. The molecule has 0 saturated carbocycles. The molecular weight excluding hydrogens is 386 g/mol. The zero-order chi connectivity index (χ0) is 20.5. The van der Waals surface area contributed by atoms with Crippen LogP contribution < -0.4 is 14.8 Å². The predicted molar refractivity (Wildman–Crippen MR) is 115 cm³/mol. The van der Waals surface area contributed by atoms with E-state index in [1.54, 1.807) is 13.3 Å². The van der Waals surface area contributed by atoms with Crippen LogP contribution in [-0.2, 0) is 4.79 Å². The van der Waals surface area contributed by atoms with E-state index in [9.17, 15) is 4.79 Å². The largest absolute Gasteiger partial charge is 0.493 e. The number of nitrogens with zero attached hydrogens (tertiary/aromatic N) is 2. The maximum Gasteiger partial charge on any atom is 0.235 e. The first-order chi connectivity index (χ1) is 14.2. The Kier molecular flexibility index (Phi) is 7.61. The van der Waals surface area contributed by atoms with Gasteiger partial charge in [-0.2, -0.15) is 0 Å². The molecule has 29 heavy (non-hydrogen) atoms. The molecule has 0 spiro atoms. The Morgan fingerprint density at radius 1 is 1.14 bits per heavy atom. The summed E-state index contributed by atoms with van der Waals surface area (Å²) in [5.74, 6) is 1.33. The monoisotopic (exact) mass is 411 g/mol. The molecule has 0 aliphatic carbocycles. The van der Waals surface area contributed by atoms with Crippen molar-refractivity contribution in [2.45, 2.75) is 6.04 Å². The summed E-state index contributed by atoms with van der Waals surface area (Å²) in [6.07, 6.45) is 1.75. The number of rotatable bonds is 10. The van der Waals surface area contributed by atoms with Crippen LogP contribution in [0.15, 0.2) is 66.2 Å². The molecule has 152 valence electrons. The van der Waals surface area contributed by atoms with E-state index in [1.165, 1.54) is 11.3 Å². The number of methoxy groups -OCH3 is 1. The van der Waals surface area contributed by atoms with Crippen LogP contribution in [0.4, 0.5) is 0 Å². The highest BCUT2D eigenvalue weighted by Gasteiger charge is 2.19. The van der Waals surface area contributed by atoms with Gasteiger partial charge in [-0.15, -0.1) is 11.3 Å². The molecule has 7 heteroatoms. The molecular formula is C22H25N3O3S. The fraction of sp³-hybridized carbons (Fsp3) is 0.273. The minimum absolute atomic E-state index is 0.0613. The molecule has 0 aliphatic rings. The van der Waals surface area contributed by atoms with Crippen molar-refractivity contribution >= 4 is 17.2 Å². The minimum atomic E-state index is -0.248. The summed E-state index contributed by atoms with van der Waals surface area (Å²) in [7, 11) is 3.51. The van der Waals surface area contributed by atoms with Crippen LogP contribution in [0.5, 0.6) is 11.5 Å². The summed E-state index contributed by atoms with van der Waals surface area (Å²) in [5.41, 5.74) is 1.01. The Labute approximate surface area is 175 Å². The lowest BCUT2D eigenvalue weighted by molar-refractivity contribution is -0.122. The van der Waals surface area contributed by atoms with Crippen LogP contribution in [0.2, 0.25) is 0 Å². The van der Waals surface area contributed by atoms with E-state index < -0.39 is 0 Å². The Bertz CT molecular complexity index is 887. The summed E-state index contributed by atoms with van der Waals surface area (Å²) in [4.78, 5) is 18.9. The standard InChI is InChI=1S/C22H25N3O3S/c1-25(13-14-28-19-11-7-6-10-18(19)27-2)16-20(26)24-21(22-23-12-15-29-22)17-8-4-3-5-9-17/h3-12,15,21H,13-14,16H2,1-2H3,(H,24,26). The van der Waals surface area contributed by atoms with Gasteiger partial charge in [0.2, 0.25) is 5.91 Å². The quantitative estimate of drug-likeness (QED) is 0.554. The number of ether oxygens (including phenoxy) is 2. The molecule has 2 aromatic carbocycles. The number of amides is 1. The summed E-state index contributed by atoms with van der Waals surface area (Å²) in [6, 6.07) is 17.1. The molecule has 0 bridgehead atoms. The first-order valence-electron chi connectivity index (χ1n) is 9.35. The molecule has 1 unspecified atom stereocenters. The molecule has 1 aromatic heterocycles. The Hall–Kier alpha value is -2.90. The average Bonchev–Trinajstić information content (AvgIpc) is 3.27. The number of benzene rings is 2. The number of thiazole rings is 1. The van der Waals surface area contributed by atoms with Crippen molar-refractivity contribution in [2.24, 2.45) is 0 Å². The van der Waals surface area contributed by atoms with E-state index in [2.05, 4.69) is 10.3 Å². The molecule has 0 fully saturated rings. The number of hydrogen-bond donors (Lipinski definition) is 1. The highest BCUT2D eigenvalue weighted by Crippen LogP contribution is 2.26. The van der Waals surface area contributed by atoms with Gasteiger partial charge in [-0.1, -0.05) is 42.5 Å². The van der Waals surface area contributed by atoms with Gasteiger partial charge in [0.05, 0.1) is 13.7 Å². The van der Waals surface area contributed by atoms with E-state index in [0.717, 1.165) is 10.6 Å². The third kappa shape index (κ3) is 6.04. The second-order valence-corrected chi connectivity index (χ2v) is 7.44. The van der Waals surface area contributed by atoms with Gasteiger partial charge < -0.3 is 14.8 Å². The van der Waals surface area contributed by atoms with Crippen LogP contribution in [0.3, 0.4) is 0 Å². The third-order valence-electron chi connectivity index (χ3n) is 4.35. The van der Waals surface area contributed by atoms with Crippen LogP contribution in [0, 0.1) is 0 Å². The van der Waals surface area contributed by atoms with Gasteiger partial charge in [-0.25, -0.2) is 4.98 Å². The fourth-order valence-corrected chi connectivity index (χ4v) is 3.60. The van der Waals surface area contributed by atoms with Gasteiger partial charge in [0.25, 0.3) is 0 Å². The topological polar surface area (TPSA) is 63.7 Å². The van der Waals surface area contributed by atoms with Crippen LogP contribution in [0.1, 0.15) is 16.6 Å². The van der Waals surface area contributed by atoms with Gasteiger partial charge in [0.1, 0.15) is 17.7 Å². The number of hydrogen-bond acceptors (Lipinski definition) is 6. The van der Waals surface area contributed by atoms with Crippen molar-refractivity contribution < 1.29 is 14.3 Å². The number of likely N-dealkylation sites (N-methyl/N-ethyl adjacent to an activating group) is 1. The molecule has 1 heterocycles. The molecule has 0 saturated heterocycles. The number of para-hydroxylation sites is 2. The molecule has 0 aliphatic heterocycles. The van der Waals surface area contributed by atoms with Gasteiger partial charge in [-0.05, 0) is 24.7 Å². The van der Waals surface area contributed by atoms with Crippen molar-refractivity contribution in [1.82, 2.24) is 15.2 Å². The van der Waals surface area contributed by atoms with Crippen LogP contribution in [0.25, 0.3) is 0 Å². The average molecular weight is 412 g/mol. The highest BCUT2D eigenvalue weighted by molar-refractivity contribution is 7.09. The van der Waals surface area contributed by atoms with E-state index >= 15 is 0 Å². The summed E-state index contributed by atoms with van der Waals surface area (Å²) < 4.78 is 11.1. The summed E-state index contributed by atoms with van der Waals surface area (Å²) in [6.45, 7) is 1.33. The molecule has 3 rings (SSSR count). The molecule has 1 amide bonds. The Balaban J connectivity index is 1.52. The van der Waals surface area contributed by atoms with E-state index in [0.29, 0.717) is 24.7 Å². The maximum absolute atomic E-state index is 12.6. The molecule has 1 N–H and O–H groups in total. The molecule has 0 radical (unpaired) electrons. The van der Waals surface area contributed by atoms with Gasteiger partial charge in [0, 0.05) is 18.1 Å². The smallest absolute Gasteiger partial charge is 0.235 e. The van der Waals surface area contributed by atoms with Crippen molar-refractivity contribution in [3.8, 4) is 11.5 Å². The van der Waals surface area contributed by atoms with Crippen molar-refractivity contribution in [3.05, 3.63) is 76.7 Å². The van der Waals surface area contributed by atoms with Gasteiger partial charge >= 0.3 is 0 Å². The normalized spacial score (nSPS) is 11.8. The summed E-state index contributed by atoms with van der Waals surface area (Å²) in [5, 5.41) is 5.88. The molecule has 1 atom stereocenters. The van der Waals surface area contributed by atoms with Gasteiger partial charge in [-0.3, -0.25) is 9.69 Å². The van der Waals surface area contributed by atoms with Crippen molar-refractivity contribution in [2.75, 3.05) is 33.9 Å². The zero-order valence-electron chi connectivity index (χ0n) is 16.6. The van der Waals surface area contributed by atoms with Crippen molar-refractivity contribution in [1.29, 1.82) is 0 Å². The predicted octanol–water partition coefficient (Wildman–Crippen LogP) is 3.37. The Morgan fingerprint density at radius 2 is 1.86 bits per heavy atom. The zero-order valence-corrected chi connectivity index (χ0v) is 17.4. The van der Waals surface area contributed by atoms with Gasteiger partial charge in [0.15, 0.2) is 11.5 Å². The Morgan fingerprint density at radius 3 is 2.55 bits per heavy atom. The van der Waals surface area contributed by atoms with Crippen LogP contribution in [-0.4, -0.2) is 49.6 Å². The minimum Gasteiger partial charge on any atom is -0.493 e. The van der Waals surface area contributed by atoms with Crippen LogP contribution >= 0.6 is 11.3 Å². The number of carbonyl (C=O) groups excluding carboxylic acids is 1. The highest BCUT2D eigenvalue weighted by atomic mass is 32.1. The first kappa shape index (κ1) is 20.8. The van der Waals surface area contributed by atoms with E-state index in [-0.39, 0.29) is 18.5 Å². The summed E-state index contributed by atoms with van der Waals surface area (Å²) >= 11 is 1.53. The number of aromatic nitrogens is 1. The third-order valence-corrected chi connectivity index (χ3v) is 5.19. The SMILES string of the molecule is COc1ccccc1OCCN(C)CC(=O)NC(c1ccccc1)c1nccs1. The second-order valence-electron chi connectivity index (χ2n) is 6.52. The first-order valence-corrected chi connectivity index (χ1v) is 10.2. The lowest BCUT2D eigenvalue weighted by Gasteiger charge is -2.21. The number of nitrogens with one attached hydrogen (secondary N) is 1. The van der Waals surface area contributed by atoms with E-state index in [4.69, 9.17) is 9.47 Å². The fourth-order valence-electron chi connectivity index (χ4n) is 2.89. The molecule has 3 aromatic rings. The maximum atomic E-state index is 12.6. The number of carbonyl (C=O) groups is 1. The van der Waals surface area contributed by atoms with Crippen molar-refractivity contribution in [3.63, 3.8) is 0 Å². The molecule has 6 nitrogen and oxygen atoms in total. The lowest BCUT2D eigenvalue weighted by atomic mass is 10.1. The lowest BCUT2D eigenvalue weighted by Crippen LogP contribution is -2.39.